The molecule has 4 rings (SSSR count). The molecule has 0 saturated carbocycles. The number of nitrogens with zero attached hydrogens (tertiary/aromatic N) is 2. The third-order valence-corrected chi connectivity index (χ3v) is 6.73. The molecule has 6 heteroatoms. The third-order valence-electron chi connectivity index (χ3n) is 4.90. The Morgan fingerprint density at radius 3 is 2.40 bits per heavy atom. The second-order valence-electron chi connectivity index (χ2n) is 6.55. The summed E-state index contributed by atoms with van der Waals surface area (Å²) in [4.78, 5) is 2.64. The lowest BCUT2D eigenvalue weighted by Crippen LogP contribution is -2.36. The van der Waals surface area contributed by atoms with Gasteiger partial charge < -0.3 is 9.64 Å². The molecule has 2 aliphatic heterocycles. The third kappa shape index (κ3) is 3.00. The number of aryl methyl sites for hydroxylation is 1. The van der Waals surface area contributed by atoms with Gasteiger partial charge in [-0.3, -0.25) is 4.31 Å². The summed E-state index contributed by atoms with van der Waals surface area (Å²) in [6.07, 6.45) is 0.749. The van der Waals surface area contributed by atoms with Gasteiger partial charge in [0, 0.05) is 25.3 Å². The molecule has 132 valence electrons. The highest BCUT2D eigenvalue weighted by Gasteiger charge is 2.31. The maximum absolute atomic E-state index is 13.0. The minimum absolute atomic E-state index is 0.350. The van der Waals surface area contributed by atoms with Crippen molar-refractivity contribution in [3.05, 3.63) is 53.6 Å². The van der Waals surface area contributed by atoms with Crippen LogP contribution in [0.3, 0.4) is 0 Å². The summed E-state index contributed by atoms with van der Waals surface area (Å²) in [5.41, 5.74) is 4.10. The first-order chi connectivity index (χ1) is 12.1. The predicted octanol–water partition coefficient (Wildman–Crippen LogP) is 2.58. The van der Waals surface area contributed by atoms with E-state index in [0.29, 0.717) is 11.4 Å². The fourth-order valence-corrected chi connectivity index (χ4v) is 4.97. The average molecular weight is 358 g/mol. The van der Waals surface area contributed by atoms with Gasteiger partial charge in [0.2, 0.25) is 0 Å². The van der Waals surface area contributed by atoms with E-state index in [0.717, 1.165) is 55.2 Å². The molecule has 0 aromatic heterocycles. The fourth-order valence-electron chi connectivity index (χ4n) is 3.46. The molecule has 0 amide bonds. The van der Waals surface area contributed by atoms with Gasteiger partial charge in [-0.2, -0.15) is 0 Å². The molecule has 5 nitrogen and oxygen atoms in total. The SMILES string of the molecule is Cc1ccc(S(=O)(=O)N2CCc3cc(N4CCOCC4)ccc32)cc1. The van der Waals surface area contributed by atoms with E-state index in [-0.39, 0.29) is 0 Å². The highest BCUT2D eigenvalue weighted by Crippen LogP contribution is 2.35. The van der Waals surface area contributed by atoms with E-state index in [1.165, 1.54) is 4.31 Å². The molecular weight excluding hydrogens is 336 g/mol. The fraction of sp³-hybridized carbons (Fsp3) is 0.368. The van der Waals surface area contributed by atoms with Crippen molar-refractivity contribution in [2.75, 3.05) is 42.1 Å². The van der Waals surface area contributed by atoms with Crippen molar-refractivity contribution in [1.82, 2.24) is 0 Å². The van der Waals surface area contributed by atoms with Gasteiger partial charge in [0.1, 0.15) is 0 Å². The maximum Gasteiger partial charge on any atom is 0.264 e. The number of rotatable bonds is 3. The van der Waals surface area contributed by atoms with Crippen LogP contribution in [0.5, 0.6) is 0 Å². The van der Waals surface area contributed by atoms with E-state index >= 15 is 0 Å². The Balaban J connectivity index is 1.64. The number of ether oxygens (including phenoxy) is 1. The Morgan fingerprint density at radius 2 is 1.68 bits per heavy atom. The molecule has 2 aliphatic rings. The monoisotopic (exact) mass is 358 g/mol. The Bertz CT molecular complexity index is 872. The van der Waals surface area contributed by atoms with Crippen molar-refractivity contribution in [2.24, 2.45) is 0 Å². The number of anilines is 2. The number of fused-ring (bicyclic) bond motifs is 1. The van der Waals surface area contributed by atoms with Crippen molar-refractivity contribution >= 4 is 21.4 Å². The van der Waals surface area contributed by atoms with Crippen LogP contribution >= 0.6 is 0 Å². The maximum atomic E-state index is 13.0. The zero-order valence-corrected chi connectivity index (χ0v) is 15.1. The Morgan fingerprint density at radius 1 is 0.960 bits per heavy atom. The van der Waals surface area contributed by atoms with Gasteiger partial charge in [-0.1, -0.05) is 17.7 Å². The highest BCUT2D eigenvalue weighted by molar-refractivity contribution is 7.92. The largest absolute Gasteiger partial charge is 0.378 e. The van der Waals surface area contributed by atoms with E-state index in [1.807, 2.05) is 31.2 Å². The molecule has 0 spiro atoms. The summed E-state index contributed by atoms with van der Waals surface area (Å²) < 4.78 is 32.9. The van der Waals surface area contributed by atoms with Crippen molar-refractivity contribution < 1.29 is 13.2 Å². The van der Waals surface area contributed by atoms with Crippen LogP contribution in [-0.2, 0) is 21.2 Å². The topological polar surface area (TPSA) is 49.9 Å². The lowest BCUT2D eigenvalue weighted by molar-refractivity contribution is 0.122. The first kappa shape index (κ1) is 16.4. The molecule has 0 unspecified atom stereocenters. The molecule has 2 aromatic rings. The summed E-state index contributed by atoms with van der Waals surface area (Å²) in [5, 5.41) is 0. The summed E-state index contributed by atoms with van der Waals surface area (Å²) >= 11 is 0. The number of benzene rings is 2. The molecule has 1 saturated heterocycles. The van der Waals surface area contributed by atoms with Crippen LogP contribution < -0.4 is 9.21 Å². The highest BCUT2D eigenvalue weighted by atomic mass is 32.2. The molecule has 0 atom stereocenters. The summed E-state index contributed by atoms with van der Waals surface area (Å²) in [7, 11) is -3.51. The Hall–Kier alpha value is -2.05. The Kier molecular flexibility index (Phi) is 4.17. The smallest absolute Gasteiger partial charge is 0.264 e. The first-order valence-corrected chi connectivity index (χ1v) is 10.0. The van der Waals surface area contributed by atoms with E-state index in [4.69, 9.17) is 4.74 Å². The molecule has 2 aromatic carbocycles. The zero-order valence-electron chi connectivity index (χ0n) is 14.3. The molecule has 25 heavy (non-hydrogen) atoms. The van der Waals surface area contributed by atoms with Gasteiger partial charge in [-0.25, -0.2) is 8.42 Å². The van der Waals surface area contributed by atoms with Crippen LogP contribution in [0.4, 0.5) is 11.4 Å². The van der Waals surface area contributed by atoms with Crippen LogP contribution in [0.15, 0.2) is 47.4 Å². The van der Waals surface area contributed by atoms with Crippen LogP contribution in [0.1, 0.15) is 11.1 Å². The van der Waals surface area contributed by atoms with Gasteiger partial charge in [0.25, 0.3) is 10.0 Å². The summed E-state index contributed by atoms with van der Waals surface area (Å²) in [6.45, 7) is 5.69. The Labute approximate surface area is 148 Å². The average Bonchev–Trinajstić information content (AvgIpc) is 3.07. The molecule has 0 N–H and O–H groups in total. The summed E-state index contributed by atoms with van der Waals surface area (Å²) in [6, 6.07) is 13.1. The normalized spacial score (nSPS) is 17.6. The molecule has 1 fully saturated rings. The van der Waals surface area contributed by atoms with Crippen molar-refractivity contribution in [2.45, 2.75) is 18.2 Å². The van der Waals surface area contributed by atoms with E-state index in [9.17, 15) is 8.42 Å². The standard InChI is InChI=1S/C19H22N2O3S/c1-15-2-5-18(6-3-15)25(22,23)21-9-8-16-14-17(4-7-19(16)21)20-10-12-24-13-11-20/h2-7,14H,8-13H2,1H3. The quantitative estimate of drug-likeness (QED) is 0.846. The molecular formula is C19H22N2O3S. The summed E-state index contributed by atoms with van der Waals surface area (Å²) in [5.74, 6) is 0. The molecule has 0 bridgehead atoms. The molecule has 0 radical (unpaired) electrons. The van der Waals surface area contributed by atoms with E-state index in [1.54, 1.807) is 12.1 Å². The number of hydrogen-bond acceptors (Lipinski definition) is 4. The van der Waals surface area contributed by atoms with Gasteiger partial charge in [0.05, 0.1) is 23.8 Å². The first-order valence-electron chi connectivity index (χ1n) is 8.61. The predicted molar refractivity (Wildman–Crippen MR) is 98.9 cm³/mol. The van der Waals surface area contributed by atoms with Gasteiger partial charge in [-0.05, 0) is 49.2 Å². The number of morpholine rings is 1. The molecule has 2 heterocycles. The zero-order chi connectivity index (χ0) is 17.4. The van der Waals surface area contributed by atoms with E-state index in [2.05, 4.69) is 11.0 Å². The van der Waals surface area contributed by atoms with Crippen molar-refractivity contribution in [3.63, 3.8) is 0 Å². The second kappa shape index (κ2) is 6.35. The van der Waals surface area contributed by atoms with E-state index < -0.39 is 10.0 Å². The lowest BCUT2D eigenvalue weighted by Gasteiger charge is -2.29. The van der Waals surface area contributed by atoms with Crippen molar-refractivity contribution in [3.8, 4) is 0 Å². The second-order valence-corrected chi connectivity index (χ2v) is 8.41. The van der Waals surface area contributed by atoms with Crippen LogP contribution in [0.25, 0.3) is 0 Å². The minimum Gasteiger partial charge on any atom is -0.378 e. The van der Waals surface area contributed by atoms with Gasteiger partial charge in [0.15, 0.2) is 0 Å². The van der Waals surface area contributed by atoms with Crippen LogP contribution in [-0.4, -0.2) is 41.3 Å². The van der Waals surface area contributed by atoms with Crippen LogP contribution in [0.2, 0.25) is 0 Å². The van der Waals surface area contributed by atoms with Crippen molar-refractivity contribution in [1.29, 1.82) is 0 Å². The van der Waals surface area contributed by atoms with Crippen LogP contribution in [0, 0.1) is 6.92 Å². The minimum atomic E-state index is -3.51. The number of hydrogen-bond donors (Lipinski definition) is 0. The number of sulfonamides is 1. The van der Waals surface area contributed by atoms with Gasteiger partial charge >= 0.3 is 0 Å². The lowest BCUT2D eigenvalue weighted by atomic mass is 10.1. The molecule has 0 aliphatic carbocycles. The van der Waals surface area contributed by atoms with Gasteiger partial charge in [-0.15, -0.1) is 0 Å².